The van der Waals surface area contributed by atoms with Crippen LogP contribution in [0.4, 0.5) is 0 Å². The zero-order valence-electron chi connectivity index (χ0n) is 16.0. The molecule has 1 heterocycles. The standard InChI is InChI=1S/C18H26N2O6S/c1-5-19-17(21)14(4)26-18(22)15-6-8-16(9-7-15)27(23,24)20-10-12(2)25-13(3)11-20/h6-9,12-14H,5,10-11H2,1-4H3,(H,19,21)/t12-,13-,14+/m1/s1. The Balaban J connectivity index is 2.09. The molecule has 2 rings (SSSR count). The minimum Gasteiger partial charge on any atom is -0.449 e. The molecule has 1 fully saturated rings. The molecule has 0 saturated carbocycles. The lowest BCUT2D eigenvalue weighted by atomic mass is 10.2. The minimum atomic E-state index is -3.68. The molecule has 1 aromatic carbocycles. The molecule has 150 valence electrons. The number of esters is 1. The molecular weight excluding hydrogens is 372 g/mol. The van der Waals surface area contributed by atoms with E-state index in [9.17, 15) is 18.0 Å². The Morgan fingerprint density at radius 3 is 2.30 bits per heavy atom. The highest BCUT2D eigenvalue weighted by atomic mass is 32.2. The topological polar surface area (TPSA) is 102 Å². The van der Waals surface area contributed by atoms with Gasteiger partial charge in [0, 0.05) is 19.6 Å². The van der Waals surface area contributed by atoms with Gasteiger partial charge in [0.15, 0.2) is 6.10 Å². The van der Waals surface area contributed by atoms with Gasteiger partial charge in [0.2, 0.25) is 10.0 Å². The van der Waals surface area contributed by atoms with Gasteiger partial charge in [-0.25, -0.2) is 13.2 Å². The predicted octanol–water partition coefficient (Wildman–Crippen LogP) is 1.17. The van der Waals surface area contributed by atoms with Crippen LogP contribution in [0.25, 0.3) is 0 Å². The van der Waals surface area contributed by atoms with Crippen LogP contribution in [0.3, 0.4) is 0 Å². The van der Waals surface area contributed by atoms with Crippen LogP contribution in [0.2, 0.25) is 0 Å². The fourth-order valence-corrected chi connectivity index (χ4v) is 4.43. The summed E-state index contributed by atoms with van der Waals surface area (Å²) in [6.45, 7) is 7.89. The smallest absolute Gasteiger partial charge is 0.338 e. The summed E-state index contributed by atoms with van der Waals surface area (Å²) in [6, 6.07) is 5.50. The van der Waals surface area contributed by atoms with Crippen LogP contribution in [0, 0.1) is 0 Å². The molecule has 0 unspecified atom stereocenters. The number of hydrogen-bond acceptors (Lipinski definition) is 6. The number of carbonyl (C=O) groups is 2. The van der Waals surface area contributed by atoms with Crippen LogP contribution < -0.4 is 5.32 Å². The quantitative estimate of drug-likeness (QED) is 0.722. The number of amides is 1. The van der Waals surface area contributed by atoms with Crippen molar-refractivity contribution in [3.05, 3.63) is 29.8 Å². The molecule has 3 atom stereocenters. The number of morpholine rings is 1. The molecule has 1 amide bonds. The second-order valence-corrected chi connectivity index (χ2v) is 8.48. The van der Waals surface area contributed by atoms with E-state index in [-0.39, 0.29) is 41.7 Å². The Bertz CT molecular complexity index is 768. The number of likely N-dealkylation sites (N-methyl/N-ethyl adjacent to an activating group) is 1. The van der Waals surface area contributed by atoms with E-state index in [2.05, 4.69) is 5.32 Å². The molecule has 0 aliphatic carbocycles. The molecule has 27 heavy (non-hydrogen) atoms. The van der Waals surface area contributed by atoms with Gasteiger partial charge in [0.05, 0.1) is 22.7 Å². The summed E-state index contributed by atoms with van der Waals surface area (Å²) in [5, 5.41) is 2.56. The second kappa shape index (κ2) is 8.81. The van der Waals surface area contributed by atoms with Gasteiger partial charge in [-0.15, -0.1) is 0 Å². The molecule has 0 spiro atoms. The Kier molecular flexibility index (Phi) is 6.96. The van der Waals surface area contributed by atoms with E-state index in [4.69, 9.17) is 9.47 Å². The molecular formula is C18H26N2O6S. The van der Waals surface area contributed by atoms with Gasteiger partial charge in [-0.05, 0) is 52.0 Å². The average molecular weight is 398 g/mol. The summed E-state index contributed by atoms with van der Waals surface area (Å²) in [6.07, 6.45) is -1.31. The summed E-state index contributed by atoms with van der Waals surface area (Å²) in [4.78, 5) is 23.9. The maximum Gasteiger partial charge on any atom is 0.338 e. The van der Waals surface area contributed by atoms with E-state index in [0.717, 1.165) is 0 Å². The van der Waals surface area contributed by atoms with Crippen LogP contribution in [0.5, 0.6) is 0 Å². The van der Waals surface area contributed by atoms with Crippen LogP contribution in [0.15, 0.2) is 29.2 Å². The number of nitrogens with one attached hydrogen (secondary N) is 1. The molecule has 0 bridgehead atoms. The average Bonchev–Trinajstić information content (AvgIpc) is 2.61. The van der Waals surface area contributed by atoms with Crippen LogP contribution in [-0.2, 0) is 24.3 Å². The SMILES string of the molecule is CCNC(=O)[C@H](C)OC(=O)c1ccc(S(=O)(=O)N2C[C@@H](C)O[C@H](C)C2)cc1. The Morgan fingerprint density at radius 2 is 1.78 bits per heavy atom. The summed E-state index contributed by atoms with van der Waals surface area (Å²) in [5.74, 6) is -1.08. The molecule has 1 aliphatic rings. The first-order valence-electron chi connectivity index (χ1n) is 8.89. The van der Waals surface area contributed by atoms with E-state index >= 15 is 0 Å². The molecule has 8 nitrogen and oxygen atoms in total. The van der Waals surface area contributed by atoms with Gasteiger partial charge in [-0.1, -0.05) is 0 Å². The van der Waals surface area contributed by atoms with E-state index < -0.39 is 22.1 Å². The number of ether oxygens (including phenoxy) is 2. The maximum absolute atomic E-state index is 12.8. The van der Waals surface area contributed by atoms with Gasteiger partial charge in [0.25, 0.3) is 5.91 Å². The highest BCUT2D eigenvalue weighted by Crippen LogP contribution is 2.21. The van der Waals surface area contributed by atoms with E-state index in [0.29, 0.717) is 6.54 Å². The number of rotatable bonds is 6. The van der Waals surface area contributed by atoms with Crippen molar-refractivity contribution in [2.24, 2.45) is 0 Å². The molecule has 1 aliphatic heterocycles. The first-order valence-corrected chi connectivity index (χ1v) is 10.3. The molecule has 0 radical (unpaired) electrons. The molecule has 1 saturated heterocycles. The minimum absolute atomic E-state index is 0.0946. The number of nitrogens with zero attached hydrogens (tertiary/aromatic N) is 1. The third-order valence-corrected chi connectivity index (χ3v) is 5.96. The first-order chi connectivity index (χ1) is 12.6. The van der Waals surface area contributed by atoms with E-state index in [1.54, 1.807) is 6.92 Å². The van der Waals surface area contributed by atoms with E-state index in [1.807, 2.05) is 13.8 Å². The monoisotopic (exact) mass is 398 g/mol. The van der Waals surface area contributed by atoms with Crippen molar-refractivity contribution in [1.82, 2.24) is 9.62 Å². The highest BCUT2D eigenvalue weighted by Gasteiger charge is 2.32. The Hall–Kier alpha value is -1.97. The fourth-order valence-electron chi connectivity index (χ4n) is 2.84. The van der Waals surface area contributed by atoms with Crippen molar-refractivity contribution < 1.29 is 27.5 Å². The number of sulfonamides is 1. The number of benzene rings is 1. The van der Waals surface area contributed by atoms with Crippen molar-refractivity contribution in [3.8, 4) is 0 Å². The zero-order chi connectivity index (χ0) is 20.2. The Labute approximate surface area is 159 Å². The highest BCUT2D eigenvalue weighted by molar-refractivity contribution is 7.89. The molecule has 9 heteroatoms. The van der Waals surface area contributed by atoms with Gasteiger partial charge < -0.3 is 14.8 Å². The largest absolute Gasteiger partial charge is 0.449 e. The van der Waals surface area contributed by atoms with Crippen molar-refractivity contribution in [2.45, 2.75) is 50.9 Å². The van der Waals surface area contributed by atoms with E-state index in [1.165, 1.54) is 35.5 Å². The van der Waals surface area contributed by atoms with Crippen LogP contribution in [-0.4, -0.2) is 62.5 Å². The number of carbonyl (C=O) groups excluding carboxylic acids is 2. The van der Waals surface area contributed by atoms with Gasteiger partial charge in [-0.2, -0.15) is 4.31 Å². The third-order valence-electron chi connectivity index (χ3n) is 4.12. The second-order valence-electron chi connectivity index (χ2n) is 6.55. The van der Waals surface area contributed by atoms with Crippen molar-refractivity contribution in [2.75, 3.05) is 19.6 Å². The maximum atomic E-state index is 12.8. The van der Waals surface area contributed by atoms with Gasteiger partial charge >= 0.3 is 5.97 Å². The van der Waals surface area contributed by atoms with Crippen molar-refractivity contribution in [3.63, 3.8) is 0 Å². The normalized spacial score (nSPS) is 22.1. The third kappa shape index (κ3) is 5.27. The first kappa shape index (κ1) is 21.3. The lowest BCUT2D eigenvalue weighted by Crippen LogP contribution is -2.48. The Morgan fingerprint density at radius 1 is 1.22 bits per heavy atom. The summed E-state index contributed by atoms with van der Waals surface area (Å²) in [7, 11) is -3.68. The molecule has 0 aromatic heterocycles. The summed E-state index contributed by atoms with van der Waals surface area (Å²) in [5.41, 5.74) is 0.175. The van der Waals surface area contributed by atoms with Crippen molar-refractivity contribution in [1.29, 1.82) is 0 Å². The van der Waals surface area contributed by atoms with Crippen molar-refractivity contribution >= 4 is 21.9 Å². The predicted molar refractivity (Wildman–Crippen MR) is 98.8 cm³/mol. The molecule has 1 aromatic rings. The van der Waals surface area contributed by atoms with Crippen LogP contribution >= 0.6 is 0 Å². The van der Waals surface area contributed by atoms with Gasteiger partial charge in [-0.3, -0.25) is 4.79 Å². The number of hydrogen-bond donors (Lipinski definition) is 1. The van der Waals surface area contributed by atoms with Gasteiger partial charge in [0.1, 0.15) is 0 Å². The van der Waals surface area contributed by atoms with Crippen LogP contribution in [0.1, 0.15) is 38.1 Å². The fraction of sp³-hybridized carbons (Fsp3) is 0.556. The summed E-state index contributed by atoms with van der Waals surface area (Å²) < 4.78 is 37.6. The lowest BCUT2D eigenvalue weighted by molar-refractivity contribution is -0.128. The zero-order valence-corrected chi connectivity index (χ0v) is 16.8. The molecule has 1 N–H and O–H groups in total. The lowest BCUT2D eigenvalue weighted by Gasteiger charge is -2.34. The summed E-state index contributed by atoms with van der Waals surface area (Å²) >= 11 is 0.